The number of nitrogens with zero attached hydrogens (tertiary/aromatic N) is 1. The van der Waals surface area contributed by atoms with Gasteiger partial charge in [-0.05, 0) is 80.8 Å². The summed E-state index contributed by atoms with van der Waals surface area (Å²) in [7, 11) is 5.24. The van der Waals surface area contributed by atoms with Crippen LogP contribution in [0.4, 0.5) is 0 Å². The lowest BCUT2D eigenvalue weighted by atomic mass is 9.72. The number of aliphatic hydroxyl groups is 5. The first-order valence-corrected chi connectivity index (χ1v) is 18.7. The molecule has 0 amide bonds. The summed E-state index contributed by atoms with van der Waals surface area (Å²) in [5.41, 5.74) is 2.20. The minimum absolute atomic E-state index is 0.0888. The quantitative estimate of drug-likeness (QED) is 0.206. The van der Waals surface area contributed by atoms with Gasteiger partial charge < -0.3 is 64.6 Å². The van der Waals surface area contributed by atoms with Gasteiger partial charge in [-0.25, -0.2) is 0 Å². The maximum atomic E-state index is 14.1. The summed E-state index contributed by atoms with van der Waals surface area (Å²) < 4.78 is 37.3. The van der Waals surface area contributed by atoms with Gasteiger partial charge in [0.1, 0.15) is 23.9 Å². The molecule has 0 bridgehead atoms. The topological polar surface area (TPSA) is 203 Å². The molecule has 3 saturated heterocycles. The number of ether oxygens (including phenoxy) is 6. The average molecular weight is 735 g/mol. The predicted octanol–water partition coefficient (Wildman–Crippen LogP) is 1.54. The zero-order valence-electron chi connectivity index (χ0n) is 33.2. The number of likely N-dealkylation sites (N-methyl/N-ethyl adjacent to an activating group) is 1. The Bertz CT molecular complexity index is 1130. The normalized spacial score (nSPS) is 51.2. The van der Waals surface area contributed by atoms with Crippen molar-refractivity contribution in [2.75, 3.05) is 21.2 Å². The molecule has 300 valence electrons. The number of rotatable bonds is 7. The Hall–Kier alpha value is -1.01. The molecule has 0 saturated carbocycles. The number of carbonyl (C=O) groups is 1. The molecular weight excluding hydrogens is 664 g/mol. The largest absolute Gasteiger partial charge is 0.459 e. The first-order valence-electron chi connectivity index (χ1n) is 18.7. The molecule has 14 heteroatoms. The summed E-state index contributed by atoms with van der Waals surface area (Å²) in [6, 6.07) is -0.983. The standard InChI is InChI=1S/C37H70N2O12/c1-14-25-37(10,45)30(41)20(4)27(38)18(2)16-35(8,44)32(51-34-28(40)24(39(11)12)15-19(3)47-34)21(5)29(22(6)33(43)49-25)50-26-17-36(9,46-13)31(42)23(7)48-26/h18-32,34,40-42,44-45H,14-17,38H2,1-13H3/t18-,19-,20+,21+,22-,23+,24+,25-,26+,27+,28-,29+,30-,31+,32-,34+,35-,36-,37-/m1/s1. The van der Waals surface area contributed by atoms with E-state index in [0.717, 1.165) is 0 Å². The molecule has 14 nitrogen and oxygen atoms in total. The minimum atomic E-state index is -1.85. The summed E-state index contributed by atoms with van der Waals surface area (Å²) >= 11 is 0. The summed E-state index contributed by atoms with van der Waals surface area (Å²) in [6.07, 6.45) is -8.68. The van der Waals surface area contributed by atoms with Crippen LogP contribution in [0.25, 0.3) is 0 Å². The van der Waals surface area contributed by atoms with Crippen molar-refractivity contribution in [1.82, 2.24) is 4.90 Å². The fourth-order valence-corrected chi connectivity index (χ4v) is 8.63. The highest BCUT2D eigenvalue weighted by atomic mass is 16.7. The van der Waals surface area contributed by atoms with Gasteiger partial charge in [0.25, 0.3) is 0 Å². The number of nitrogens with two attached hydrogens (primary N) is 1. The summed E-state index contributed by atoms with van der Waals surface area (Å²) in [6.45, 7) is 17.2. The summed E-state index contributed by atoms with van der Waals surface area (Å²) in [5.74, 6) is -3.57. The van der Waals surface area contributed by atoms with E-state index in [2.05, 4.69) is 0 Å². The van der Waals surface area contributed by atoms with Gasteiger partial charge in [0.15, 0.2) is 12.6 Å². The molecule has 7 N–H and O–H groups in total. The second kappa shape index (κ2) is 17.2. The Morgan fingerprint density at radius 2 is 1.53 bits per heavy atom. The van der Waals surface area contributed by atoms with Crippen molar-refractivity contribution in [3.05, 3.63) is 0 Å². The fraction of sp³-hybridized carbons (Fsp3) is 0.973. The van der Waals surface area contributed by atoms with E-state index in [4.69, 9.17) is 34.2 Å². The van der Waals surface area contributed by atoms with E-state index in [-0.39, 0.29) is 31.4 Å². The van der Waals surface area contributed by atoms with Gasteiger partial charge in [0.2, 0.25) is 0 Å². The molecule has 0 radical (unpaired) electrons. The SMILES string of the molecule is CC[C@H]1OC(=O)[C@H](C)[C@@H](O[C@H]2C[C@@](C)(OC)[C@@H](O)[C@H](C)O2)[C@H](C)[C@@H](O[C@@H]2O[C@H](C)C[C@H](N(C)C)[C@H]2O)[C@](C)(O)C[C@@H](C)[C@H](N)[C@H](C)[C@@H](O)[C@]1(C)O. The lowest BCUT2D eigenvalue weighted by Crippen LogP contribution is -2.62. The number of cyclic esters (lactones) is 1. The Morgan fingerprint density at radius 1 is 0.922 bits per heavy atom. The van der Waals surface area contributed by atoms with E-state index in [1.54, 1.807) is 48.5 Å². The van der Waals surface area contributed by atoms with Crippen LogP contribution in [-0.4, -0.2) is 148 Å². The van der Waals surface area contributed by atoms with Crippen LogP contribution in [-0.2, 0) is 33.2 Å². The molecule has 0 aromatic carbocycles. The Labute approximate surface area is 305 Å². The molecule has 19 atom stereocenters. The number of hydrogen-bond donors (Lipinski definition) is 6. The van der Waals surface area contributed by atoms with Crippen LogP contribution in [0.5, 0.6) is 0 Å². The van der Waals surface area contributed by atoms with Crippen LogP contribution >= 0.6 is 0 Å². The number of carbonyl (C=O) groups excluding carboxylic acids is 1. The molecule has 0 spiro atoms. The third-order valence-corrected chi connectivity index (χ3v) is 12.2. The smallest absolute Gasteiger partial charge is 0.311 e. The molecule has 3 rings (SSSR count). The van der Waals surface area contributed by atoms with Gasteiger partial charge in [-0.15, -0.1) is 0 Å². The summed E-state index contributed by atoms with van der Waals surface area (Å²) in [4.78, 5) is 16.0. The molecule has 51 heavy (non-hydrogen) atoms. The predicted molar refractivity (Wildman–Crippen MR) is 189 cm³/mol. The molecule has 3 fully saturated rings. The lowest BCUT2D eigenvalue weighted by Gasteiger charge is -2.49. The molecule has 0 aromatic heterocycles. The molecule has 0 aromatic rings. The third kappa shape index (κ3) is 9.63. The van der Waals surface area contributed by atoms with E-state index in [9.17, 15) is 30.3 Å². The summed E-state index contributed by atoms with van der Waals surface area (Å²) in [5, 5.41) is 58.0. The Morgan fingerprint density at radius 3 is 2.08 bits per heavy atom. The van der Waals surface area contributed by atoms with Crippen molar-refractivity contribution in [2.45, 2.75) is 185 Å². The average Bonchev–Trinajstić information content (AvgIpc) is 3.05. The van der Waals surface area contributed by atoms with Gasteiger partial charge in [0.05, 0.1) is 47.6 Å². The first kappa shape index (κ1) is 44.4. The van der Waals surface area contributed by atoms with Gasteiger partial charge >= 0.3 is 5.97 Å². The van der Waals surface area contributed by atoms with E-state index >= 15 is 0 Å². The molecule has 0 unspecified atom stereocenters. The number of hydrogen-bond acceptors (Lipinski definition) is 14. The monoisotopic (exact) mass is 734 g/mol. The van der Waals surface area contributed by atoms with Crippen molar-refractivity contribution < 1.29 is 58.7 Å². The molecule has 3 aliphatic rings. The number of methoxy groups -OCH3 is 1. The Balaban J connectivity index is 2.18. The molecule has 3 heterocycles. The number of esters is 1. The van der Waals surface area contributed by atoms with Crippen LogP contribution in [0.2, 0.25) is 0 Å². The minimum Gasteiger partial charge on any atom is -0.459 e. The van der Waals surface area contributed by atoms with Crippen molar-refractivity contribution in [2.24, 2.45) is 29.4 Å². The third-order valence-electron chi connectivity index (χ3n) is 12.2. The zero-order chi connectivity index (χ0) is 39.0. The lowest BCUT2D eigenvalue weighted by molar-refractivity contribution is -0.318. The number of aliphatic hydroxyl groups excluding tert-OH is 3. The van der Waals surface area contributed by atoms with E-state index in [1.807, 2.05) is 32.8 Å². The Kier molecular flexibility index (Phi) is 15.0. The fourth-order valence-electron chi connectivity index (χ4n) is 8.63. The van der Waals surface area contributed by atoms with Crippen LogP contribution in [0.15, 0.2) is 0 Å². The molecule has 3 aliphatic heterocycles. The zero-order valence-corrected chi connectivity index (χ0v) is 33.2. The second-order valence-electron chi connectivity index (χ2n) is 16.8. The highest BCUT2D eigenvalue weighted by molar-refractivity contribution is 5.73. The van der Waals surface area contributed by atoms with Crippen LogP contribution in [0, 0.1) is 23.7 Å². The van der Waals surface area contributed by atoms with Crippen LogP contribution in [0.3, 0.4) is 0 Å². The molecular formula is C37H70N2O12. The van der Waals surface area contributed by atoms with Crippen molar-refractivity contribution in [3.8, 4) is 0 Å². The maximum absolute atomic E-state index is 14.1. The van der Waals surface area contributed by atoms with E-state index in [1.165, 1.54) is 14.0 Å². The van der Waals surface area contributed by atoms with Gasteiger partial charge in [-0.2, -0.15) is 0 Å². The van der Waals surface area contributed by atoms with Crippen molar-refractivity contribution >= 4 is 5.97 Å². The van der Waals surface area contributed by atoms with E-state index < -0.39 is 108 Å². The maximum Gasteiger partial charge on any atom is 0.311 e. The second-order valence-corrected chi connectivity index (χ2v) is 16.8. The highest BCUT2D eigenvalue weighted by Crippen LogP contribution is 2.41. The van der Waals surface area contributed by atoms with Gasteiger partial charge in [0, 0.05) is 37.5 Å². The van der Waals surface area contributed by atoms with Crippen LogP contribution in [0.1, 0.15) is 94.9 Å². The van der Waals surface area contributed by atoms with E-state index in [0.29, 0.717) is 6.42 Å². The molecule has 0 aliphatic carbocycles. The van der Waals surface area contributed by atoms with Crippen LogP contribution < -0.4 is 5.73 Å². The first-order chi connectivity index (χ1) is 23.4. The van der Waals surface area contributed by atoms with Gasteiger partial charge in [-0.3, -0.25) is 4.79 Å². The van der Waals surface area contributed by atoms with Gasteiger partial charge in [-0.1, -0.05) is 27.7 Å². The highest BCUT2D eigenvalue weighted by Gasteiger charge is 2.53. The van der Waals surface area contributed by atoms with Crippen molar-refractivity contribution in [3.63, 3.8) is 0 Å². The van der Waals surface area contributed by atoms with Crippen molar-refractivity contribution in [1.29, 1.82) is 0 Å².